The Morgan fingerprint density at radius 2 is 2.00 bits per heavy atom. The van der Waals surface area contributed by atoms with Gasteiger partial charge in [0, 0.05) is 15.9 Å². The third-order valence-electron chi connectivity index (χ3n) is 3.04. The first-order valence-electron chi connectivity index (χ1n) is 7.01. The fourth-order valence-electron chi connectivity index (χ4n) is 1.89. The second-order valence-electron chi connectivity index (χ2n) is 5.19. The zero-order valence-electron chi connectivity index (χ0n) is 12.6. The maximum Gasteiger partial charge on any atom is 0.171 e. The van der Waals surface area contributed by atoms with Crippen LogP contribution in [0, 0.1) is 6.92 Å². The van der Waals surface area contributed by atoms with E-state index in [9.17, 15) is 0 Å². The van der Waals surface area contributed by atoms with Gasteiger partial charge in [-0.25, -0.2) is 9.97 Å². The average molecular weight is 433 g/mol. The molecular formula is C15H19Br2N3S. The molecule has 0 saturated heterocycles. The van der Waals surface area contributed by atoms with Crippen molar-refractivity contribution in [3.8, 4) is 10.7 Å². The number of rotatable bonds is 5. The maximum absolute atomic E-state index is 4.76. The van der Waals surface area contributed by atoms with Gasteiger partial charge in [0.25, 0.3) is 0 Å². The third kappa shape index (κ3) is 3.85. The third-order valence-corrected chi connectivity index (χ3v) is 5.96. The summed E-state index contributed by atoms with van der Waals surface area (Å²) in [5.41, 5.74) is 1.04. The molecule has 6 heteroatoms. The number of nitrogens with one attached hydrogen (secondary N) is 1. The Morgan fingerprint density at radius 3 is 2.52 bits per heavy atom. The lowest BCUT2D eigenvalue weighted by molar-refractivity contribution is 0.808. The summed E-state index contributed by atoms with van der Waals surface area (Å²) in [4.78, 5) is 11.8. The molecule has 0 fully saturated rings. The van der Waals surface area contributed by atoms with Crippen molar-refractivity contribution in [3.05, 3.63) is 25.6 Å². The summed E-state index contributed by atoms with van der Waals surface area (Å²) in [5.74, 6) is 2.01. The summed E-state index contributed by atoms with van der Waals surface area (Å²) in [5, 5.41) is 3.38. The Balaban J connectivity index is 2.52. The molecule has 2 aromatic rings. The number of thiophene rings is 1. The van der Waals surface area contributed by atoms with Crippen LogP contribution in [0.4, 0.5) is 5.82 Å². The van der Waals surface area contributed by atoms with Crippen molar-refractivity contribution in [3.63, 3.8) is 0 Å². The van der Waals surface area contributed by atoms with E-state index < -0.39 is 0 Å². The maximum atomic E-state index is 4.76. The van der Waals surface area contributed by atoms with Crippen LogP contribution in [0.25, 0.3) is 10.7 Å². The lowest BCUT2D eigenvalue weighted by Crippen LogP contribution is -2.08. The molecule has 0 aromatic carbocycles. The number of aryl methyl sites for hydroxylation is 1. The summed E-state index contributed by atoms with van der Waals surface area (Å²) >= 11 is 8.92. The Labute approximate surface area is 146 Å². The molecule has 3 nitrogen and oxygen atoms in total. The number of hydrogen-bond donors (Lipinski definition) is 1. The quantitative estimate of drug-likeness (QED) is 0.630. The van der Waals surface area contributed by atoms with Crippen LogP contribution in [0.1, 0.15) is 43.7 Å². The molecule has 21 heavy (non-hydrogen) atoms. The number of anilines is 1. The minimum Gasteiger partial charge on any atom is -0.369 e. The first kappa shape index (κ1) is 16.9. The number of aromatic nitrogens is 2. The molecule has 114 valence electrons. The van der Waals surface area contributed by atoms with Gasteiger partial charge in [0.2, 0.25) is 0 Å². The van der Waals surface area contributed by atoms with Gasteiger partial charge < -0.3 is 5.32 Å². The number of halogens is 2. The lowest BCUT2D eigenvalue weighted by Gasteiger charge is -2.14. The van der Waals surface area contributed by atoms with E-state index in [4.69, 9.17) is 9.97 Å². The normalized spacial score (nSPS) is 11.2. The van der Waals surface area contributed by atoms with Crippen LogP contribution in [0.3, 0.4) is 0 Å². The van der Waals surface area contributed by atoms with Crippen LogP contribution in [0.5, 0.6) is 0 Å². The molecule has 2 heterocycles. The van der Waals surface area contributed by atoms with Gasteiger partial charge >= 0.3 is 0 Å². The van der Waals surface area contributed by atoms with E-state index in [1.807, 2.05) is 0 Å². The van der Waals surface area contributed by atoms with Gasteiger partial charge in [0.15, 0.2) is 5.82 Å². The van der Waals surface area contributed by atoms with E-state index in [0.29, 0.717) is 5.92 Å². The molecule has 2 aromatic heterocycles. The van der Waals surface area contributed by atoms with E-state index in [0.717, 1.165) is 44.1 Å². The van der Waals surface area contributed by atoms with Gasteiger partial charge in [-0.15, -0.1) is 11.3 Å². The predicted molar refractivity (Wildman–Crippen MR) is 98.4 cm³/mol. The Hall–Kier alpha value is -0.460. The van der Waals surface area contributed by atoms with Gasteiger partial charge in [-0.2, -0.15) is 0 Å². The van der Waals surface area contributed by atoms with E-state index in [1.165, 1.54) is 4.88 Å². The summed E-state index contributed by atoms with van der Waals surface area (Å²) in [6.07, 6.45) is 1.06. The Morgan fingerprint density at radius 1 is 1.29 bits per heavy atom. The average Bonchev–Trinajstić information content (AvgIpc) is 2.77. The Kier molecular flexibility index (Phi) is 5.80. The minimum absolute atomic E-state index is 0.341. The SMILES string of the molecule is CCCNc1nc(-c2cc(Br)c(C)s2)nc(C(C)C)c1Br. The van der Waals surface area contributed by atoms with Crippen LogP contribution >= 0.6 is 43.2 Å². The van der Waals surface area contributed by atoms with Gasteiger partial charge in [0.05, 0.1) is 15.0 Å². The van der Waals surface area contributed by atoms with E-state index in [1.54, 1.807) is 11.3 Å². The zero-order chi connectivity index (χ0) is 15.6. The van der Waals surface area contributed by atoms with Gasteiger partial charge in [0.1, 0.15) is 5.82 Å². The van der Waals surface area contributed by atoms with Crippen molar-refractivity contribution in [2.24, 2.45) is 0 Å². The van der Waals surface area contributed by atoms with Gasteiger partial charge in [-0.05, 0) is 57.2 Å². The molecule has 0 aliphatic carbocycles. The second-order valence-corrected chi connectivity index (χ2v) is 8.09. The smallest absolute Gasteiger partial charge is 0.171 e. The van der Waals surface area contributed by atoms with E-state index in [-0.39, 0.29) is 0 Å². The molecule has 0 spiro atoms. The summed E-state index contributed by atoms with van der Waals surface area (Å²) in [7, 11) is 0. The molecule has 2 rings (SSSR count). The van der Waals surface area contributed by atoms with E-state index in [2.05, 4.69) is 70.9 Å². The summed E-state index contributed by atoms with van der Waals surface area (Å²) < 4.78 is 2.09. The highest BCUT2D eigenvalue weighted by Gasteiger charge is 2.17. The van der Waals surface area contributed by atoms with Crippen LogP contribution < -0.4 is 5.32 Å². The molecule has 0 aliphatic heterocycles. The number of nitrogens with zero attached hydrogens (tertiary/aromatic N) is 2. The molecule has 0 saturated carbocycles. The van der Waals surface area contributed by atoms with Gasteiger partial charge in [-0.3, -0.25) is 0 Å². The fraction of sp³-hybridized carbons (Fsp3) is 0.467. The van der Waals surface area contributed by atoms with Crippen molar-refractivity contribution in [1.29, 1.82) is 0 Å². The van der Waals surface area contributed by atoms with Crippen LogP contribution in [-0.2, 0) is 0 Å². The van der Waals surface area contributed by atoms with Crippen LogP contribution in [-0.4, -0.2) is 16.5 Å². The van der Waals surface area contributed by atoms with Crippen LogP contribution in [0.2, 0.25) is 0 Å². The molecule has 0 amide bonds. The molecular weight excluding hydrogens is 414 g/mol. The summed E-state index contributed by atoms with van der Waals surface area (Å²) in [6.45, 7) is 9.44. The molecule has 0 bridgehead atoms. The standard InChI is InChI=1S/C15H19Br2N3S/c1-5-6-18-15-12(17)13(8(2)3)19-14(20-15)11-7-10(16)9(4)21-11/h7-8H,5-6H2,1-4H3,(H,18,19,20). The topological polar surface area (TPSA) is 37.8 Å². The zero-order valence-corrected chi connectivity index (χ0v) is 16.6. The van der Waals surface area contributed by atoms with E-state index >= 15 is 0 Å². The van der Waals surface area contributed by atoms with Crippen molar-refractivity contribution >= 4 is 49.0 Å². The molecule has 1 N–H and O–H groups in total. The Bertz CT molecular complexity index is 619. The van der Waals surface area contributed by atoms with Crippen LogP contribution in [0.15, 0.2) is 15.0 Å². The first-order valence-corrected chi connectivity index (χ1v) is 9.41. The first-order chi connectivity index (χ1) is 9.93. The highest BCUT2D eigenvalue weighted by Crippen LogP contribution is 2.36. The molecule has 0 unspecified atom stereocenters. The van der Waals surface area contributed by atoms with Crippen molar-refractivity contribution in [1.82, 2.24) is 9.97 Å². The van der Waals surface area contributed by atoms with Gasteiger partial charge in [-0.1, -0.05) is 20.8 Å². The lowest BCUT2D eigenvalue weighted by atomic mass is 10.1. The monoisotopic (exact) mass is 431 g/mol. The number of hydrogen-bond acceptors (Lipinski definition) is 4. The van der Waals surface area contributed by atoms with Crippen molar-refractivity contribution in [2.75, 3.05) is 11.9 Å². The predicted octanol–water partition coefficient (Wildman–Crippen LogP) is 5.98. The highest BCUT2D eigenvalue weighted by molar-refractivity contribution is 9.11. The molecule has 0 radical (unpaired) electrons. The molecule has 0 atom stereocenters. The second kappa shape index (κ2) is 7.20. The highest BCUT2D eigenvalue weighted by atomic mass is 79.9. The van der Waals surface area contributed by atoms with Crippen molar-refractivity contribution < 1.29 is 0 Å². The molecule has 0 aliphatic rings. The minimum atomic E-state index is 0.341. The van der Waals surface area contributed by atoms with Crippen molar-refractivity contribution in [2.45, 2.75) is 40.0 Å². The fourth-order valence-corrected chi connectivity index (χ4v) is 4.13. The summed E-state index contributed by atoms with van der Waals surface area (Å²) in [6, 6.07) is 2.09. The largest absolute Gasteiger partial charge is 0.369 e.